The molecule has 2 atom stereocenters. The summed E-state index contributed by atoms with van der Waals surface area (Å²) in [7, 11) is 1.72. The van der Waals surface area contributed by atoms with Crippen LogP contribution in [0.5, 0.6) is 0 Å². The summed E-state index contributed by atoms with van der Waals surface area (Å²) < 4.78 is 0.710. The first-order chi connectivity index (χ1) is 8.47. The molecule has 1 aromatic heterocycles. The molecule has 4 nitrogen and oxygen atoms in total. The van der Waals surface area contributed by atoms with E-state index in [1.165, 1.54) is 11.3 Å². The van der Waals surface area contributed by atoms with E-state index in [9.17, 15) is 9.59 Å². The van der Waals surface area contributed by atoms with Gasteiger partial charge in [0.25, 0.3) is 0 Å². The maximum absolute atomic E-state index is 12.0. The summed E-state index contributed by atoms with van der Waals surface area (Å²) >= 11 is 7.32. The second kappa shape index (κ2) is 5.28. The third kappa shape index (κ3) is 2.84. The Hall–Kier alpha value is -1.07. The fourth-order valence-electron chi connectivity index (χ4n) is 2.00. The van der Waals surface area contributed by atoms with Crippen molar-refractivity contribution in [3.8, 4) is 0 Å². The topological polar surface area (TPSA) is 49.4 Å². The molecule has 1 fully saturated rings. The molecule has 0 aliphatic carbocycles. The van der Waals surface area contributed by atoms with Gasteiger partial charge in [0.15, 0.2) is 0 Å². The largest absolute Gasteiger partial charge is 0.348 e. The maximum atomic E-state index is 12.0. The van der Waals surface area contributed by atoms with Crippen LogP contribution in [0.2, 0.25) is 4.34 Å². The van der Waals surface area contributed by atoms with E-state index in [1.54, 1.807) is 11.9 Å². The lowest BCUT2D eigenvalue weighted by Crippen LogP contribution is -2.33. The highest BCUT2D eigenvalue weighted by molar-refractivity contribution is 7.16. The Balaban J connectivity index is 1.94. The summed E-state index contributed by atoms with van der Waals surface area (Å²) in [5.74, 6) is -0.271. The minimum atomic E-state index is -0.236. The molecule has 1 aliphatic rings. The van der Waals surface area contributed by atoms with Crippen LogP contribution in [0.25, 0.3) is 0 Å². The zero-order valence-electron chi connectivity index (χ0n) is 10.3. The minimum absolute atomic E-state index is 0.0296. The molecule has 1 saturated heterocycles. The normalized spacial score (nSPS) is 21.2. The Morgan fingerprint density at radius 3 is 2.83 bits per heavy atom. The second-order valence-corrected chi connectivity index (χ2v) is 6.29. The van der Waals surface area contributed by atoms with Crippen molar-refractivity contribution in [3.05, 3.63) is 21.3 Å². The molecule has 1 aromatic rings. The molecule has 0 radical (unpaired) electrons. The Bertz CT molecular complexity index is 474. The number of hydrogen-bond acceptors (Lipinski definition) is 3. The van der Waals surface area contributed by atoms with Crippen LogP contribution in [0, 0.1) is 5.92 Å². The first-order valence-corrected chi connectivity index (χ1v) is 6.96. The van der Waals surface area contributed by atoms with Crippen LogP contribution < -0.4 is 5.32 Å². The summed E-state index contributed by atoms with van der Waals surface area (Å²) in [5, 5.41) is 2.93. The van der Waals surface area contributed by atoms with E-state index in [2.05, 4.69) is 5.32 Å². The van der Waals surface area contributed by atoms with E-state index in [-0.39, 0.29) is 23.8 Å². The first kappa shape index (κ1) is 13.4. The van der Waals surface area contributed by atoms with Crippen molar-refractivity contribution >= 4 is 34.8 Å². The van der Waals surface area contributed by atoms with Gasteiger partial charge < -0.3 is 10.2 Å². The van der Waals surface area contributed by atoms with Gasteiger partial charge in [-0.25, -0.2) is 0 Å². The number of rotatable bonds is 3. The van der Waals surface area contributed by atoms with Crippen LogP contribution in [0.4, 0.5) is 0 Å². The van der Waals surface area contributed by atoms with Crippen molar-refractivity contribution in [1.29, 1.82) is 0 Å². The standard InChI is InChI=1S/C12H15ClN2O2S/c1-7(9-3-4-10(13)18-9)14-12(17)8-5-11(16)15(2)6-8/h3-4,7-8H,5-6H2,1-2H3,(H,14,17)/t7-,8+/m1/s1. The van der Waals surface area contributed by atoms with E-state index in [0.29, 0.717) is 17.3 Å². The number of carbonyl (C=O) groups excluding carboxylic acids is 2. The van der Waals surface area contributed by atoms with E-state index in [4.69, 9.17) is 11.6 Å². The number of nitrogens with one attached hydrogen (secondary N) is 1. The van der Waals surface area contributed by atoms with Crippen molar-refractivity contribution in [1.82, 2.24) is 10.2 Å². The van der Waals surface area contributed by atoms with E-state index < -0.39 is 0 Å². The van der Waals surface area contributed by atoms with Crippen molar-refractivity contribution < 1.29 is 9.59 Å². The third-order valence-corrected chi connectivity index (χ3v) is 4.51. The molecule has 0 bridgehead atoms. The first-order valence-electron chi connectivity index (χ1n) is 5.77. The fourth-order valence-corrected chi connectivity index (χ4v) is 3.07. The van der Waals surface area contributed by atoms with Gasteiger partial charge in [0, 0.05) is 24.9 Å². The number of halogens is 1. The monoisotopic (exact) mass is 286 g/mol. The van der Waals surface area contributed by atoms with Gasteiger partial charge in [0.05, 0.1) is 16.3 Å². The fraction of sp³-hybridized carbons (Fsp3) is 0.500. The van der Waals surface area contributed by atoms with Gasteiger partial charge in [-0.3, -0.25) is 9.59 Å². The molecule has 2 amide bonds. The average molecular weight is 287 g/mol. The highest BCUT2D eigenvalue weighted by Gasteiger charge is 2.32. The Morgan fingerprint density at radius 2 is 2.33 bits per heavy atom. The van der Waals surface area contributed by atoms with Crippen molar-refractivity contribution in [3.63, 3.8) is 0 Å². The van der Waals surface area contributed by atoms with E-state index in [0.717, 1.165) is 4.88 Å². The quantitative estimate of drug-likeness (QED) is 0.925. The number of nitrogens with zero attached hydrogens (tertiary/aromatic N) is 1. The third-order valence-electron chi connectivity index (χ3n) is 3.09. The summed E-state index contributed by atoms with van der Waals surface area (Å²) in [5.41, 5.74) is 0. The van der Waals surface area contributed by atoms with Gasteiger partial charge in [-0.1, -0.05) is 11.6 Å². The Labute approximate surface area is 115 Å². The summed E-state index contributed by atoms with van der Waals surface area (Å²) in [6.45, 7) is 2.42. The van der Waals surface area contributed by atoms with Gasteiger partial charge in [0.2, 0.25) is 11.8 Å². The SMILES string of the molecule is C[C@@H](NC(=O)[C@H]1CC(=O)N(C)C1)c1ccc(Cl)s1. The molecule has 2 heterocycles. The maximum Gasteiger partial charge on any atom is 0.225 e. The average Bonchev–Trinajstić information content (AvgIpc) is 2.86. The minimum Gasteiger partial charge on any atom is -0.348 e. The molecule has 1 aliphatic heterocycles. The number of amides is 2. The molecule has 0 aromatic carbocycles. The molecule has 0 saturated carbocycles. The molecule has 0 unspecified atom stereocenters. The van der Waals surface area contributed by atoms with Crippen LogP contribution in [0.3, 0.4) is 0 Å². The van der Waals surface area contributed by atoms with Crippen LogP contribution in [-0.4, -0.2) is 30.3 Å². The lowest BCUT2D eigenvalue weighted by molar-refractivity contribution is -0.128. The van der Waals surface area contributed by atoms with Gasteiger partial charge in [-0.2, -0.15) is 0 Å². The Kier molecular flexibility index (Phi) is 3.92. The van der Waals surface area contributed by atoms with Crippen molar-refractivity contribution in [2.45, 2.75) is 19.4 Å². The number of carbonyl (C=O) groups is 2. The predicted molar refractivity (Wildman–Crippen MR) is 71.6 cm³/mol. The molecule has 6 heteroatoms. The lowest BCUT2D eigenvalue weighted by Gasteiger charge is -2.15. The molecule has 1 N–H and O–H groups in total. The highest BCUT2D eigenvalue weighted by atomic mass is 35.5. The molecule has 98 valence electrons. The van der Waals surface area contributed by atoms with E-state index >= 15 is 0 Å². The molecule has 0 spiro atoms. The summed E-state index contributed by atoms with van der Waals surface area (Å²) in [6, 6.07) is 3.65. The smallest absolute Gasteiger partial charge is 0.225 e. The zero-order chi connectivity index (χ0) is 13.3. The Morgan fingerprint density at radius 1 is 1.61 bits per heavy atom. The molecule has 2 rings (SSSR count). The zero-order valence-corrected chi connectivity index (χ0v) is 11.8. The van der Waals surface area contributed by atoms with Gasteiger partial charge in [0.1, 0.15) is 0 Å². The lowest BCUT2D eigenvalue weighted by atomic mass is 10.1. The number of thiophene rings is 1. The number of hydrogen-bond donors (Lipinski definition) is 1. The second-order valence-electron chi connectivity index (χ2n) is 4.55. The van der Waals surface area contributed by atoms with Crippen molar-refractivity contribution in [2.75, 3.05) is 13.6 Å². The van der Waals surface area contributed by atoms with E-state index in [1.807, 2.05) is 19.1 Å². The summed E-state index contributed by atoms with van der Waals surface area (Å²) in [6.07, 6.45) is 0.306. The van der Waals surface area contributed by atoms with Gasteiger partial charge in [-0.15, -0.1) is 11.3 Å². The van der Waals surface area contributed by atoms with Crippen LogP contribution in [0.15, 0.2) is 12.1 Å². The summed E-state index contributed by atoms with van der Waals surface area (Å²) in [4.78, 5) is 26.0. The molecular weight excluding hydrogens is 272 g/mol. The van der Waals surface area contributed by atoms with Gasteiger partial charge >= 0.3 is 0 Å². The predicted octanol–water partition coefficient (Wildman–Crippen LogP) is 2.06. The molecule has 18 heavy (non-hydrogen) atoms. The highest BCUT2D eigenvalue weighted by Crippen LogP contribution is 2.27. The van der Waals surface area contributed by atoms with Crippen LogP contribution >= 0.6 is 22.9 Å². The van der Waals surface area contributed by atoms with Crippen LogP contribution in [0.1, 0.15) is 24.3 Å². The van der Waals surface area contributed by atoms with Crippen LogP contribution in [-0.2, 0) is 9.59 Å². The van der Waals surface area contributed by atoms with Gasteiger partial charge in [-0.05, 0) is 19.1 Å². The van der Waals surface area contributed by atoms with Crippen molar-refractivity contribution in [2.24, 2.45) is 5.92 Å². The molecular formula is C12H15ClN2O2S. The number of likely N-dealkylation sites (tertiary alicyclic amines) is 1.